The molecule has 3 rings (SSSR count). The Morgan fingerprint density at radius 1 is 1.09 bits per heavy atom. The Labute approximate surface area is 134 Å². The maximum Gasteiger partial charge on any atom is 0.254 e. The Bertz CT molecular complexity index is 804. The summed E-state index contributed by atoms with van der Waals surface area (Å²) in [4.78, 5) is 25.0. The molecule has 0 radical (unpaired) electrons. The second kappa shape index (κ2) is 6.79. The van der Waals surface area contributed by atoms with Crippen molar-refractivity contribution in [3.05, 3.63) is 77.9 Å². The normalized spacial score (nSPS) is 10.3. The number of pyridine rings is 1. The number of hydrogen-bond acceptors (Lipinski definition) is 4. The summed E-state index contributed by atoms with van der Waals surface area (Å²) in [6.07, 6.45) is 5.00. The first-order valence-corrected chi connectivity index (χ1v) is 7.30. The lowest BCUT2D eigenvalue weighted by molar-refractivity contribution is 0.0949. The summed E-state index contributed by atoms with van der Waals surface area (Å²) < 4.78 is 0. The molecule has 0 aliphatic heterocycles. The molecule has 5 nitrogen and oxygen atoms in total. The van der Waals surface area contributed by atoms with Gasteiger partial charge >= 0.3 is 0 Å². The van der Waals surface area contributed by atoms with Crippen molar-refractivity contribution in [2.75, 3.05) is 0 Å². The quantitative estimate of drug-likeness (QED) is 0.805. The number of carbonyl (C=O) groups excluding carboxylic acids is 1. The summed E-state index contributed by atoms with van der Waals surface area (Å²) >= 11 is 0. The SMILES string of the molecule is Cc1nc(-c2ccccc2)ncc1C(=O)NCc1cccnc1. The molecule has 3 aromatic rings. The lowest BCUT2D eigenvalue weighted by atomic mass is 10.2. The number of rotatable bonds is 4. The molecule has 0 saturated heterocycles. The van der Waals surface area contributed by atoms with Gasteiger partial charge in [-0.3, -0.25) is 9.78 Å². The van der Waals surface area contributed by atoms with Crippen LogP contribution in [0.15, 0.2) is 61.1 Å². The second-order valence-electron chi connectivity index (χ2n) is 5.10. The number of hydrogen-bond donors (Lipinski definition) is 1. The second-order valence-corrected chi connectivity index (χ2v) is 5.10. The summed E-state index contributed by atoms with van der Waals surface area (Å²) in [6.45, 7) is 2.24. The average molecular weight is 304 g/mol. The van der Waals surface area contributed by atoms with Crippen molar-refractivity contribution in [3.8, 4) is 11.4 Å². The van der Waals surface area contributed by atoms with Crippen molar-refractivity contribution in [2.45, 2.75) is 13.5 Å². The van der Waals surface area contributed by atoms with Gasteiger partial charge in [0.2, 0.25) is 0 Å². The van der Waals surface area contributed by atoms with Gasteiger partial charge in [-0.15, -0.1) is 0 Å². The molecule has 1 aromatic carbocycles. The zero-order valence-electron chi connectivity index (χ0n) is 12.7. The Balaban J connectivity index is 1.74. The smallest absolute Gasteiger partial charge is 0.254 e. The highest BCUT2D eigenvalue weighted by Crippen LogP contribution is 2.15. The number of aryl methyl sites for hydroxylation is 1. The zero-order chi connectivity index (χ0) is 16.1. The van der Waals surface area contributed by atoms with Crippen LogP contribution in [-0.4, -0.2) is 20.9 Å². The third kappa shape index (κ3) is 3.58. The molecule has 0 fully saturated rings. The zero-order valence-corrected chi connectivity index (χ0v) is 12.7. The molecule has 5 heteroatoms. The summed E-state index contributed by atoms with van der Waals surface area (Å²) in [5.41, 5.74) is 3.01. The topological polar surface area (TPSA) is 67.8 Å². The number of amides is 1. The largest absolute Gasteiger partial charge is 0.348 e. The summed E-state index contributed by atoms with van der Waals surface area (Å²) in [7, 11) is 0. The van der Waals surface area contributed by atoms with E-state index in [9.17, 15) is 4.79 Å². The first kappa shape index (κ1) is 14.8. The average Bonchev–Trinajstić information content (AvgIpc) is 2.61. The van der Waals surface area contributed by atoms with Crippen LogP contribution in [0, 0.1) is 6.92 Å². The van der Waals surface area contributed by atoms with Crippen LogP contribution >= 0.6 is 0 Å². The van der Waals surface area contributed by atoms with Crippen molar-refractivity contribution < 1.29 is 4.79 Å². The monoisotopic (exact) mass is 304 g/mol. The molecule has 23 heavy (non-hydrogen) atoms. The molecule has 0 aliphatic rings. The fraction of sp³-hybridized carbons (Fsp3) is 0.111. The fourth-order valence-electron chi connectivity index (χ4n) is 2.20. The summed E-state index contributed by atoms with van der Waals surface area (Å²) in [5, 5.41) is 2.86. The number of aromatic nitrogens is 3. The molecule has 2 heterocycles. The van der Waals surface area contributed by atoms with Crippen LogP contribution in [0.25, 0.3) is 11.4 Å². The van der Waals surface area contributed by atoms with E-state index in [1.54, 1.807) is 18.6 Å². The Hall–Kier alpha value is -3.08. The van der Waals surface area contributed by atoms with Crippen LogP contribution in [0.2, 0.25) is 0 Å². The van der Waals surface area contributed by atoms with Gasteiger partial charge in [-0.05, 0) is 18.6 Å². The van der Waals surface area contributed by atoms with E-state index >= 15 is 0 Å². The van der Waals surface area contributed by atoms with Gasteiger partial charge in [0.25, 0.3) is 5.91 Å². The molecule has 2 aromatic heterocycles. The van der Waals surface area contributed by atoms with Crippen molar-refractivity contribution in [1.29, 1.82) is 0 Å². The third-order valence-corrected chi connectivity index (χ3v) is 3.43. The minimum absolute atomic E-state index is 0.189. The van der Waals surface area contributed by atoms with Crippen LogP contribution in [0.4, 0.5) is 0 Å². The van der Waals surface area contributed by atoms with Gasteiger partial charge in [-0.2, -0.15) is 0 Å². The van der Waals surface area contributed by atoms with Crippen LogP contribution in [0.1, 0.15) is 21.6 Å². The van der Waals surface area contributed by atoms with Crippen LogP contribution in [-0.2, 0) is 6.54 Å². The molecule has 0 saturated carbocycles. The fourth-order valence-corrected chi connectivity index (χ4v) is 2.20. The molecule has 0 spiro atoms. The Morgan fingerprint density at radius 3 is 2.61 bits per heavy atom. The highest BCUT2D eigenvalue weighted by molar-refractivity contribution is 5.95. The summed E-state index contributed by atoms with van der Waals surface area (Å²) in [5.74, 6) is 0.429. The molecule has 0 unspecified atom stereocenters. The summed E-state index contributed by atoms with van der Waals surface area (Å²) in [6, 6.07) is 13.4. The van der Waals surface area contributed by atoms with Gasteiger partial charge in [0.15, 0.2) is 5.82 Å². The highest BCUT2D eigenvalue weighted by Gasteiger charge is 2.12. The van der Waals surface area contributed by atoms with Crippen LogP contribution in [0.3, 0.4) is 0 Å². The molecule has 114 valence electrons. The molecule has 0 atom stereocenters. The standard InChI is InChI=1S/C18H16N4O/c1-13-16(18(23)21-11-14-6-5-9-19-10-14)12-20-17(22-13)15-7-3-2-4-8-15/h2-10,12H,11H2,1H3,(H,21,23). The van der Waals surface area contributed by atoms with E-state index in [1.165, 1.54) is 0 Å². The van der Waals surface area contributed by atoms with E-state index < -0.39 is 0 Å². The van der Waals surface area contributed by atoms with Gasteiger partial charge in [0.1, 0.15) is 0 Å². The molecule has 0 bridgehead atoms. The first-order valence-electron chi connectivity index (χ1n) is 7.30. The van der Waals surface area contributed by atoms with Crippen LogP contribution in [0.5, 0.6) is 0 Å². The molecule has 1 N–H and O–H groups in total. The van der Waals surface area contributed by atoms with Crippen molar-refractivity contribution >= 4 is 5.91 Å². The van der Waals surface area contributed by atoms with Crippen molar-refractivity contribution in [2.24, 2.45) is 0 Å². The van der Waals surface area contributed by atoms with Gasteiger partial charge in [-0.25, -0.2) is 9.97 Å². The molecule has 1 amide bonds. The maximum atomic E-state index is 12.3. The predicted octanol–water partition coefficient (Wildman–Crippen LogP) is 2.78. The molecular weight excluding hydrogens is 288 g/mol. The predicted molar refractivity (Wildman–Crippen MR) is 87.6 cm³/mol. The van der Waals surface area contributed by atoms with Gasteiger partial charge in [0.05, 0.1) is 11.3 Å². The third-order valence-electron chi connectivity index (χ3n) is 3.43. The van der Waals surface area contributed by atoms with Crippen molar-refractivity contribution in [3.63, 3.8) is 0 Å². The van der Waals surface area contributed by atoms with Crippen molar-refractivity contribution in [1.82, 2.24) is 20.3 Å². The number of benzene rings is 1. The van der Waals surface area contributed by atoms with E-state index in [2.05, 4.69) is 20.3 Å². The maximum absolute atomic E-state index is 12.3. The number of nitrogens with one attached hydrogen (secondary N) is 1. The molecular formula is C18H16N4O. The Morgan fingerprint density at radius 2 is 1.91 bits per heavy atom. The number of carbonyl (C=O) groups is 1. The lowest BCUT2D eigenvalue weighted by Crippen LogP contribution is -2.24. The minimum Gasteiger partial charge on any atom is -0.348 e. The van der Waals surface area contributed by atoms with Gasteiger partial charge in [0, 0.05) is 30.7 Å². The van der Waals surface area contributed by atoms with E-state index in [0.717, 1.165) is 11.1 Å². The van der Waals surface area contributed by atoms with E-state index in [4.69, 9.17) is 0 Å². The molecule has 0 aliphatic carbocycles. The van der Waals surface area contributed by atoms with E-state index in [0.29, 0.717) is 23.6 Å². The van der Waals surface area contributed by atoms with Crippen LogP contribution < -0.4 is 5.32 Å². The number of nitrogens with zero attached hydrogens (tertiary/aromatic N) is 3. The van der Waals surface area contributed by atoms with E-state index in [1.807, 2.05) is 49.4 Å². The van der Waals surface area contributed by atoms with E-state index in [-0.39, 0.29) is 5.91 Å². The van der Waals surface area contributed by atoms with Gasteiger partial charge < -0.3 is 5.32 Å². The lowest BCUT2D eigenvalue weighted by Gasteiger charge is -2.08. The first-order chi connectivity index (χ1) is 11.2. The minimum atomic E-state index is -0.189. The highest BCUT2D eigenvalue weighted by atomic mass is 16.1. The van der Waals surface area contributed by atoms with Gasteiger partial charge in [-0.1, -0.05) is 36.4 Å². The Kier molecular flexibility index (Phi) is 4.38.